The summed E-state index contributed by atoms with van der Waals surface area (Å²) in [6, 6.07) is 20.8. The average molecular weight is 459 g/mol. The van der Waals surface area contributed by atoms with Crippen LogP contribution >= 0.6 is 0 Å². The first-order chi connectivity index (χ1) is 16.4. The van der Waals surface area contributed by atoms with Crippen molar-refractivity contribution in [3.05, 3.63) is 72.8 Å². The maximum atomic E-state index is 14.1. The number of amides is 6. The van der Waals surface area contributed by atoms with Crippen molar-refractivity contribution in [1.82, 2.24) is 0 Å². The first kappa shape index (κ1) is 21.9. The van der Waals surface area contributed by atoms with Gasteiger partial charge in [-0.2, -0.15) is 9.80 Å². The number of anilines is 2. The van der Waals surface area contributed by atoms with Gasteiger partial charge in [0.25, 0.3) is 11.8 Å². The number of carbonyl (C=O) groups is 4. The van der Waals surface area contributed by atoms with Gasteiger partial charge in [0.15, 0.2) is 0 Å². The Hall–Kier alpha value is -3.88. The summed E-state index contributed by atoms with van der Waals surface area (Å²) in [6.07, 6.45) is 0. The van der Waals surface area contributed by atoms with E-state index in [2.05, 4.69) is 0 Å². The molecule has 2 aliphatic rings. The molecule has 2 aliphatic heterocycles. The van der Waals surface area contributed by atoms with Crippen LogP contribution in [0.5, 0.6) is 0 Å². The number of hydrogen-bond acceptors (Lipinski definition) is 4. The Morgan fingerprint density at radius 1 is 0.647 bits per heavy atom. The standard InChI is InChI=1S/C26H26N4O4/c1-3-29(17-23(31)27(25(29)33)20-13-6-5-7-14-20)30(4-2)18-24(32)28(26(30)34)22-16-10-12-19-11-8-9-15-21(19)22/h5-16H,3-4,17-18H2,1-2H3/q+2. The predicted octanol–water partition coefficient (Wildman–Crippen LogP) is 4.06. The van der Waals surface area contributed by atoms with E-state index >= 15 is 0 Å². The van der Waals surface area contributed by atoms with Crippen molar-refractivity contribution in [1.29, 1.82) is 0 Å². The lowest BCUT2D eigenvalue weighted by molar-refractivity contribution is -1.41. The molecule has 5 rings (SSSR count). The molecule has 8 nitrogen and oxygen atoms in total. The average Bonchev–Trinajstić information content (AvgIpc) is 3.28. The smallest absolute Gasteiger partial charge is 0.267 e. The Kier molecular flexibility index (Phi) is 5.07. The fraction of sp³-hybridized carbons (Fsp3) is 0.231. The van der Waals surface area contributed by atoms with E-state index in [1.807, 2.05) is 36.4 Å². The molecule has 0 aromatic heterocycles. The second-order valence-corrected chi connectivity index (χ2v) is 8.65. The van der Waals surface area contributed by atoms with Crippen molar-refractivity contribution >= 4 is 46.0 Å². The van der Waals surface area contributed by atoms with Crippen LogP contribution in [0.3, 0.4) is 0 Å². The quantitative estimate of drug-likeness (QED) is 0.427. The van der Waals surface area contributed by atoms with Crippen LogP contribution in [0.15, 0.2) is 72.8 Å². The maximum absolute atomic E-state index is 14.1. The highest BCUT2D eigenvalue weighted by molar-refractivity contribution is 6.21. The first-order valence-corrected chi connectivity index (χ1v) is 11.4. The zero-order valence-corrected chi connectivity index (χ0v) is 19.2. The van der Waals surface area contributed by atoms with E-state index in [-0.39, 0.29) is 38.0 Å². The highest BCUT2D eigenvalue weighted by atomic mass is 16.3. The van der Waals surface area contributed by atoms with E-state index in [0.717, 1.165) is 15.7 Å². The number of benzene rings is 3. The topological polar surface area (TPSA) is 74.8 Å². The Bertz CT molecular complexity index is 1340. The van der Waals surface area contributed by atoms with Crippen LogP contribution in [0.4, 0.5) is 21.0 Å². The van der Waals surface area contributed by atoms with Gasteiger partial charge in [-0.25, -0.2) is 9.59 Å². The van der Waals surface area contributed by atoms with E-state index in [1.165, 1.54) is 4.90 Å². The van der Waals surface area contributed by atoms with Gasteiger partial charge in [-0.3, -0.25) is 9.59 Å². The Labute approximate surface area is 197 Å². The van der Waals surface area contributed by atoms with Crippen molar-refractivity contribution in [2.24, 2.45) is 0 Å². The van der Waals surface area contributed by atoms with E-state index in [1.54, 1.807) is 50.2 Å². The molecule has 172 valence electrons. The predicted molar refractivity (Wildman–Crippen MR) is 127 cm³/mol. The summed E-state index contributed by atoms with van der Waals surface area (Å²) in [5, 5.41) is 1.68. The third-order valence-electron chi connectivity index (χ3n) is 7.19. The number of para-hydroxylation sites is 1. The molecule has 3 aromatic carbocycles. The number of rotatable bonds is 5. The summed E-state index contributed by atoms with van der Waals surface area (Å²) in [5.41, 5.74) is 0.956. The number of hydrogen-bond donors (Lipinski definition) is 0. The Morgan fingerprint density at radius 3 is 1.82 bits per heavy atom. The highest BCUT2D eigenvalue weighted by Gasteiger charge is 2.72. The van der Waals surface area contributed by atoms with Crippen LogP contribution < -0.4 is 9.80 Å². The number of imide groups is 2. The number of fused-ring (bicyclic) bond motifs is 1. The third-order valence-corrected chi connectivity index (χ3v) is 7.19. The minimum Gasteiger partial charge on any atom is -0.267 e. The number of nitrogens with zero attached hydrogens (tertiary/aromatic N) is 4. The zero-order chi connectivity index (χ0) is 24.1. The minimum atomic E-state index is -0.485. The van der Waals surface area contributed by atoms with E-state index < -0.39 is 21.2 Å². The fourth-order valence-electron chi connectivity index (χ4n) is 5.42. The summed E-state index contributed by atoms with van der Waals surface area (Å²) in [4.78, 5) is 57.0. The summed E-state index contributed by atoms with van der Waals surface area (Å²) < 4.78 is -0.900. The van der Waals surface area contributed by atoms with Gasteiger partial charge < -0.3 is 0 Å². The molecule has 34 heavy (non-hydrogen) atoms. The number of carbonyl (C=O) groups excluding carboxylic acids is 4. The molecule has 2 heterocycles. The van der Waals surface area contributed by atoms with Gasteiger partial charge in [0, 0.05) is 5.39 Å². The Morgan fingerprint density at radius 2 is 1.18 bits per heavy atom. The van der Waals surface area contributed by atoms with Crippen LogP contribution in [-0.2, 0) is 9.59 Å². The van der Waals surface area contributed by atoms with E-state index in [0.29, 0.717) is 11.4 Å². The molecule has 0 aliphatic carbocycles. The lowest BCUT2D eigenvalue weighted by atomic mass is 10.1. The van der Waals surface area contributed by atoms with Gasteiger partial charge in [0.05, 0.1) is 11.4 Å². The zero-order valence-electron chi connectivity index (χ0n) is 19.2. The van der Waals surface area contributed by atoms with E-state index in [4.69, 9.17) is 0 Å². The van der Waals surface area contributed by atoms with Crippen LogP contribution in [0.1, 0.15) is 13.8 Å². The highest BCUT2D eigenvalue weighted by Crippen LogP contribution is 2.40. The van der Waals surface area contributed by atoms with Gasteiger partial charge >= 0.3 is 12.1 Å². The first-order valence-electron chi connectivity index (χ1n) is 11.4. The van der Waals surface area contributed by atoms with Crippen molar-refractivity contribution < 1.29 is 28.4 Å². The molecule has 0 bridgehead atoms. The van der Waals surface area contributed by atoms with Gasteiger partial charge in [-0.15, -0.1) is 0 Å². The molecule has 0 saturated carbocycles. The van der Waals surface area contributed by atoms with Crippen molar-refractivity contribution in [2.45, 2.75) is 13.8 Å². The summed E-state index contributed by atoms with van der Waals surface area (Å²) in [6.45, 7) is 3.60. The molecule has 0 spiro atoms. The van der Waals surface area contributed by atoms with Crippen LogP contribution in [0, 0.1) is 0 Å². The van der Waals surface area contributed by atoms with Gasteiger partial charge in [-0.1, -0.05) is 63.8 Å². The maximum Gasteiger partial charge on any atom is 0.479 e. The largest absolute Gasteiger partial charge is 0.479 e. The fourth-order valence-corrected chi connectivity index (χ4v) is 5.42. The molecule has 3 aromatic rings. The summed E-state index contributed by atoms with van der Waals surface area (Å²) >= 11 is 0. The SMILES string of the molecule is CC[N+]1([N+]2(CC)CC(=O)N(c3cccc4ccccc34)C2=O)CC(=O)N(c2ccccc2)C1=O. The molecule has 2 atom stereocenters. The number of urea groups is 2. The molecule has 2 saturated heterocycles. The van der Waals surface area contributed by atoms with Gasteiger partial charge in [0.1, 0.15) is 13.1 Å². The molecule has 2 unspecified atom stereocenters. The van der Waals surface area contributed by atoms with Crippen LogP contribution in [0.2, 0.25) is 0 Å². The van der Waals surface area contributed by atoms with Gasteiger partial charge in [-0.05, 0) is 37.4 Å². The second-order valence-electron chi connectivity index (χ2n) is 8.65. The third kappa shape index (κ3) is 2.79. The molecular weight excluding hydrogens is 432 g/mol. The summed E-state index contributed by atoms with van der Waals surface area (Å²) in [7, 11) is 0. The molecule has 0 radical (unpaired) electrons. The Balaban J connectivity index is 1.63. The molecule has 6 amide bonds. The second kappa shape index (κ2) is 7.86. The molecule has 2 fully saturated rings. The van der Waals surface area contributed by atoms with Crippen LogP contribution in [0.25, 0.3) is 10.8 Å². The van der Waals surface area contributed by atoms with Crippen molar-refractivity contribution in [3.63, 3.8) is 0 Å². The lowest BCUT2D eigenvalue weighted by Crippen LogP contribution is -2.75. The van der Waals surface area contributed by atoms with Crippen molar-refractivity contribution in [3.8, 4) is 0 Å². The monoisotopic (exact) mass is 458 g/mol. The molecule has 0 N–H and O–H groups in total. The molecule has 8 heteroatoms. The number of quaternary nitrogens is 2. The lowest BCUT2D eigenvalue weighted by Gasteiger charge is -2.41. The number of likely N-dealkylation sites (N-methyl/N-ethyl adjacent to an activating group) is 2. The van der Waals surface area contributed by atoms with Crippen molar-refractivity contribution in [2.75, 3.05) is 36.0 Å². The normalized spacial score (nSPS) is 25.1. The van der Waals surface area contributed by atoms with Gasteiger partial charge in [0.2, 0.25) is 13.1 Å². The molecular formula is C26H26N4O4+2. The minimum absolute atomic E-state index is 0.180. The van der Waals surface area contributed by atoms with Crippen LogP contribution in [-0.4, -0.2) is 59.2 Å². The van der Waals surface area contributed by atoms with E-state index in [9.17, 15) is 19.2 Å². The summed E-state index contributed by atoms with van der Waals surface area (Å²) in [5.74, 6) is -0.763.